The maximum absolute atomic E-state index is 12.6. The van der Waals surface area contributed by atoms with E-state index in [4.69, 9.17) is 11.6 Å². The van der Waals surface area contributed by atoms with Crippen molar-refractivity contribution in [2.75, 3.05) is 11.2 Å². The highest BCUT2D eigenvalue weighted by atomic mass is 35.5. The fourth-order valence-electron chi connectivity index (χ4n) is 2.88. The lowest BCUT2D eigenvalue weighted by atomic mass is 9.78. The van der Waals surface area contributed by atoms with E-state index in [2.05, 4.69) is 17.2 Å². The second-order valence-corrected chi connectivity index (χ2v) is 7.61. The first-order valence-electron chi connectivity index (χ1n) is 7.70. The largest absolute Gasteiger partial charge is 0.359 e. The zero-order valence-corrected chi connectivity index (χ0v) is 14.2. The molecule has 0 spiro atoms. The second kappa shape index (κ2) is 5.99. The van der Waals surface area contributed by atoms with E-state index in [0.717, 1.165) is 31.6 Å². The molecule has 1 aromatic heterocycles. The van der Waals surface area contributed by atoms with E-state index in [9.17, 15) is 4.79 Å². The van der Waals surface area contributed by atoms with Gasteiger partial charge in [0.2, 0.25) is 0 Å². The summed E-state index contributed by atoms with van der Waals surface area (Å²) in [4.78, 5) is 16.9. The van der Waals surface area contributed by atoms with E-state index >= 15 is 0 Å². The molecule has 21 heavy (non-hydrogen) atoms. The van der Waals surface area contributed by atoms with Gasteiger partial charge in [0.1, 0.15) is 0 Å². The van der Waals surface area contributed by atoms with Gasteiger partial charge in [-0.15, -0.1) is 11.6 Å². The van der Waals surface area contributed by atoms with E-state index in [1.54, 1.807) is 17.0 Å². The van der Waals surface area contributed by atoms with Crippen LogP contribution in [-0.4, -0.2) is 21.0 Å². The van der Waals surface area contributed by atoms with Gasteiger partial charge in [-0.1, -0.05) is 6.92 Å². The molecule has 0 saturated heterocycles. The minimum Gasteiger partial charge on any atom is -0.359 e. The maximum Gasteiger partial charge on any atom is 0.293 e. The van der Waals surface area contributed by atoms with Crippen molar-refractivity contribution in [3.8, 4) is 0 Å². The van der Waals surface area contributed by atoms with Gasteiger partial charge in [0.15, 0.2) is 5.82 Å². The average Bonchev–Trinajstić information content (AvgIpc) is 2.43. The molecule has 0 unspecified atom stereocenters. The van der Waals surface area contributed by atoms with E-state index in [1.165, 1.54) is 0 Å². The second-order valence-electron chi connectivity index (χ2n) is 7.34. The van der Waals surface area contributed by atoms with Gasteiger partial charge in [-0.3, -0.25) is 4.79 Å². The van der Waals surface area contributed by atoms with Crippen LogP contribution in [0, 0.1) is 5.92 Å². The smallest absolute Gasteiger partial charge is 0.293 e. The molecule has 118 valence electrons. The standard InChI is InChI=1S/C16H26ClN3O/c1-12-5-7-16(11-17,8-6-12)19-13-14(21)20(10-9-18-13)15(2,3)4/h9-10,12H,5-8,11H2,1-4H3,(H,18,19). The van der Waals surface area contributed by atoms with Gasteiger partial charge in [0.25, 0.3) is 5.56 Å². The molecule has 1 aliphatic rings. The summed E-state index contributed by atoms with van der Waals surface area (Å²) in [6.07, 6.45) is 7.68. The quantitative estimate of drug-likeness (QED) is 0.868. The summed E-state index contributed by atoms with van der Waals surface area (Å²) >= 11 is 6.22. The molecular formula is C16H26ClN3O. The molecule has 1 fully saturated rings. The topological polar surface area (TPSA) is 46.9 Å². The molecule has 0 atom stereocenters. The van der Waals surface area contributed by atoms with Crippen molar-refractivity contribution in [1.29, 1.82) is 0 Å². The zero-order valence-electron chi connectivity index (χ0n) is 13.4. The summed E-state index contributed by atoms with van der Waals surface area (Å²) in [5.74, 6) is 1.66. The number of nitrogens with zero attached hydrogens (tertiary/aromatic N) is 2. The number of anilines is 1. The predicted octanol–water partition coefficient (Wildman–Crippen LogP) is 3.60. The van der Waals surface area contributed by atoms with Crippen LogP contribution in [-0.2, 0) is 5.54 Å². The fraction of sp³-hybridized carbons (Fsp3) is 0.750. The van der Waals surface area contributed by atoms with E-state index in [0.29, 0.717) is 11.7 Å². The van der Waals surface area contributed by atoms with Crippen molar-refractivity contribution in [2.45, 2.75) is 64.5 Å². The Morgan fingerprint density at radius 1 is 1.43 bits per heavy atom. The summed E-state index contributed by atoms with van der Waals surface area (Å²) in [7, 11) is 0. The summed E-state index contributed by atoms with van der Waals surface area (Å²) in [6.45, 7) is 8.30. The monoisotopic (exact) mass is 311 g/mol. The number of hydrogen-bond donors (Lipinski definition) is 1. The fourth-order valence-corrected chi connectivity index (χ4v) is 3.22. The Morgan fingerprint density at radius 2 is 2.05 bits per heavy atom. The first kappa shape index (κ1) is 16.3. The van der Waals surface area contributed by atoms with Crippen LogP contribution < -0.4 is 10.9 Å². The lowest BCUT2D eigenvalue weighted by Crippen LogP contribution is -2.46. The van der Waals surface area contributed by atoms with Crippen LogP contribution >= 0.6 is 11.6 Å². The van der Waals surface area contributed by atoms with Gasteiger partial charge in [-0.25, -0.2) is 4.98 Å². The molecule has 0 radical (unpaired) electrons. The van der Waals surface area contributed by atoms with Gasteiger partial charge in [-0.05, 0) is 52.4 Å². The predicted molar refractivity (Wildman–Crippen MR) is 88.2 cm³/mol. The van der Waals surface area contributed by atoms with Gasteiger partial charge < -0.3 is 9.88 Å². The van der Waals surface area contributed by atoms with Gasteiger partial charge in [-0.2, -0.15) is 0 Å². The van der Waals surface area contributed by atoms with Crippen molar-refractivity contribution in [2.24, 2.45) is 5.92 Å². The van der Waals surface area contributed by atoms with Crippen LogP contribution in [0.15, 0.2) is 17.2 Å². The first-order valence-corrected chi connectivity index (χ1v) is 8.23. The van der Waals surface area contributed by atoms with E-state index < -0.39 is 0 Å². The maximum atomic E-state index is 12.6. The number of nitrogens with one attached hydrogen (secondary N) is 1. The minimum absolute atomic E-state index is 0.0758. The summed E-state index contributed by atoms with van der Waals surface area (Å²) in [6, 6.07) is 0. The first-order chi connectivity index (χ1) is 9.77. The third-order valence-electron chi connectivity index (χ3n) is 4.43. The third-order valence-corrected chi connectivity index (χ3v) is 4.95. The number of hydrogen-bond acceptors (Lipinski definition) is 3. The average molecular weight is 312 g/mol. The lowest BCUT2D eigenvalue weighted by molar-refractivity contribution is 0.285. The Labute approximate surface area is 131 Å². The van der Waals surface area contributed by atoms with Crippen LogP contribution in [0.5, 0.6) is 0 Å². The van der Waals surface area contributed by atoms with Gasteiger partial charge >= 0.3 is 0 Å². The Hall–Kier alpha value is -1.03. The van der Waals surface area contributed by atoms with Crippen LogP contribution in [0.3, 0.4) is 0 Å². The molecule has 4 nitrogen and oxygen atoms in total. The summed E-state index contributed by atoms with van der Waals surface area (Å²) in [5, 5.41) is 3.37. The molecule has 1 heterocycles. The minimum atomic E-state index is -0.258. The van der Waals surface area contributed by atoms with Crippen LogP contribution in [0.1, 0.15) is 53.4 Å². The van der Waals surface area contributed by atoms with Crippen LogP contribution in [0.4, 0.5) is 5.82 Å². The van der Waals surface area contributed by atoms with Crippen molar-refractivity contribution >= 4 is 17.4 Å². The zero-order chi connectivity index (χ0) is 15.7. The molecule has 0 amide bonds. The van der Waals surface area contributed by atoms with Crippen molar-refractivity contribution in [1.82, 2.24) is 9.55 Å². The Bertz CT molecular complexity index is 539. The van der Waals surface area contributed by atoms with E-state index in [1.807, 2.05) is 20.8 Å². The normalized spacial score (nSPS) is 26.6. The molecule has 1 aromatic rings. The lowest BCUT2D eigenvalue weighted by Gasteiger charge is -2.39. The molecule has 0 bridgehead atoms. The van der Waals surface area contributed by atoms with Crippen molar-refractivity contribution in [3.63, 3.8) is 0 Å². The molecule has 1 saturated carbocycles. The molecular weight excluding hydrogens is 286 g/mol. The van der Waals surface area contributed by atoms with Crippen molar-refractivity contribution in [3.05, 3.63) is 22.7 Å². The molecule has 5 heteroatoms. The third kappa shape index (κ3) is 3.60. The van der Waals surface area contributed by atoms with Crippen molar-refractivity contribution < 1.29 is 0 Å². The number of aromatic nitrogens is 2. The Balaban J connectivity index is 2.29. The summed E-state index contributed by atoms with van der Waals surface area (Å²) in [5.41, 5.74) is -0.531. The van der Waals surface area contributed by atoms with E-state index in [-0.39, 0.29) is 16.6 Å². The highest BCUT2D eigenvalue weighted by molar-refractivity contribution is 6.18. The van der Waals surface area contributed by atoms with Gasteiger partial charge in [0.05, 0.1) is 5.54 Å². The van der Waals surface area contributed by atoms with Gasteiger partial charge in [0, 0.05) is 23.8 Å². The molecule has 1 N–H and O–H groups in total. The SMILES string of the molecule is CC1CCC(CCl)(Nc2nccn(C(C)(C)C)c2=O)CC1. The molecule has 0 aromatic carbocycles. The number of alkyl halides is 1. The molecule has 0 aliphatic heterocycles. The molecule has 2 rings (SSSR count). The highest BCUT2D eigenvalue weighted by Gasteiger charge is 2.34. The van der Waals surface area contributed by atoms with Crippen LogP contribution in [0.2, 0.25) is 0 Å². The Kier molecular flexibility index (Phi) is 4.66. The number of rotatable bonds is 3. The molecule has 1 aliphatic carbocycles. The number of halogens is 1. The van der Waals surface area contributed by atoms with Crippen LogP contribution in [0.25, 0.3) is 0 Å². The highest BCUT2D eigenvalue weighted by Crippen LogP contribution is 2.34. The summed E-state index contributed by atoms with van der Waals surface area (Å²) < 4.78 is 1.72. The Morgan fingerprint density at radius 3 is 2.57 bits per heavy atom.